The average molecular weight is 334 g/mol. The molecule has 0 radical (unpaired) electrons. The van der Waals surface area contributed by atoms with E-state index >= 15 is 0 Å². The molecule has 2 N–H and O–H groups in total. The van der Waals surface area contributed by atoms with Gasteiger partial charge in [0, 0.05) is 5.69 Å². The van der Waals surface area contributed by atoms with Crippen LogP contribution in [0.3, 0.4) is 0 Å². The Morgan fingerprint density at radius 1 is 1.33 bits per heavy atom. The second kappa shape index (κ2) is 5.68. The van der Waals surface area contributed by atoms with Crippen LogP contribution in [0.25, 0.3) is 22.6 Å². The number of benzene rings is 1. The molecule has 3 heterocycles. The van der Waals surface area contributed by atoms with Crippen LogP contribution in [0.1, 0.15) is 15.2 Å². The highest BCUT2D eigenvalue weighted by Gasteiger charge is 2.14. The molecule has 0 atom stereocenters. The van der Waals surface area contributed by atoms with Gasteiger partial charge in [-0.25, -0.2) is 4.98 Å². The third kappa shape index (κ3) is 2.45. The number of anilines is 1. The molecule has 6 nitrogen and oxygen atoms in total. The van der Waals surface area contributed by atoms with E-state index in [2.05, 4.69) is 15.3 Å². The predicted molar refractivity (Wildman–Crippen MR) is 90.8 cm³/mol. The molecule has 0 saturated carbocycles. The quantitative estimate of drug-likeness (QED) is 0.592. The van der Waals surface area contributed by atoms with Crippen molar-refractivity contribution in [3.05, 3.63) is 58.5 Å². The van der Waals surface area contributed by atoms with Crippen LogP contribution in [0.4, 0.5) is 5.69 Å². The normalized spacial score (nSPS) is 10.6. The molecule has 3 aromatic heterocycles. The minimum Gasteiger partial charge on any atom is -0.461 e. The first-order valence-corrected chi connectivity index (χ1v) is 7.95. The number of furan rings is 1. The lowest BCUT2D eigenvalue weighted by atomic mass is 10.2. The maximum absolute atomic E-state index is 12.3. The van der Waals surface area contributed by atoms with E-state index in [-0.39, 0.29) is 5.91 Å². The van der Waals surface area contributed by atoms with E-state index in [4.69, 9.17) is 9.68 Å². The fourth-order valence-corrected chi connectivity index (χ4v) is 3.12. The van der Waals surface area contributed by atoms with E-state index in [0.717, 1.165) is 11.0 Å². The molecule has 0 saturated heterocycles. The van der Waals surface area contributed by atoms with Crippen molar-refractivity contribution in [1.29, 1.82) is 5.26 Å². The Morgan fingerprint density at radius 2 is 2.25 bits per heavy atom. The van der Waals surface area contributed by atoms with E-state index in [1.165, 1.54) is 11.3 Å². The first kappa shape index (κ1) is 14.2. The van der Waals surface area contributed by atoms with Crippen LogP contribution in [0.15, 0.2) is 52.5 Å². The lowest BCUT2D eigenvalue weighted by Crippen LogP contribution is -2.11. The standard InChI is InChI=1S/C17H10N4O2S/c18-9-10-5-7-24-15(10)17(22)19-11-3-4-12-13(8-11)21-16(20-12)14-2-1-6-23-14/h1-8H,(H,19,22)(H,20,21). The minimum absolute atomic E-state index is 0.299. The molecule has 0 unspecified atom stereocenters. The zero-order valence-corrected chi connectivity index (χ0v) is 13.1. The summed E-state index contributed by atoms with van der Waals surface area (Å²) in [5, 5.41) is 13.5. The third-order valence-electron chi connectivity index (χ3n) is 3.49. The number of hydrogen-bond acceptors (Lipinski definition) is 5. The molecular weight excluding hydrogens is 324 g/mol. The molecule has 4 aromatic rings. The highest BCUT2D eigenvalue weighted by atomic mass is 32.1. The summed E-state index contributed by atoms with van der Waals surface area (Å²) in [5.41, 5.74) is 2.55. The lowest BCUT2D eigenvalue weighted by Gasteiger charge is -2.03. The van der Waals surface area contributed by atoms with E-state index < -0.39 is 0 Å². The van der Waals surface area contributed by atoms with Gasteiger partial charge >= 0.3 is 0 Å². The highest BCUT2D eigenvalue weighted by Crippen LogP contribution is 2.24. The van der Waals surface area contributed by atoms with Crippen molar-refractivity contribution in [3.63, 3.8) is 0 Å². The molecule has 4 rings (SSSR count). The topological polar surface area (TPSA) is 94.7 Å². The number of nitriles is 1. The molecule has 0 bridgehead atoms. The summed E-state index contributed by atoms with van der Waals surface area (Å²) < 4.78 is 5.33. The minimum atomic E-state index is -0.299. The fourth-order valence-electron chi connectivity index (χ4n) is 2.38. The number of thiophene rings is 1. The second-order valence-electron chi connectivity index (χ2n) is 5.02. The molecule has 0 aliphatic heterocycles. The number of carbonyl (C=O) groups is 1. The summed E-state index contributed by atoms with van der Waals surface area (Å²) in [7, 11) is 0. The predicted octanol–water partition coefficient (Wildman–Crippen LogP) is 4.01. The maximum atomic E-state index is 12.3. The molecule has 1 aromatic carbocycles. The largest absolute Gasteiger partial charge is 0.461 e. The van der Waals surface area contributed by atoms with Gasteiger partial charge in [-0.05, 0) is 41.8 Å². The van der Waals surface area contributed by atoms with Gasteiger partial charge in [0.15, 0.2) is 11.6 Å². The van der Waals surface area contributed by atoms with Crippen LogP contribution < -0.4 is 5.32 Å². The number of fused-ring (bicyclic) bond motifs is 1. The monoisotopic (exact) mass is 334 g/mol. The zero-order chi connectivity index (χ0) is 16.5. The number of nitrogens with one attached hydrogen (secondary N) is 2. The summed E-state index contributed by atoms with van der Waals surface area (Å²) in [6, 6.07) is 12.6. The highest BCUT2D eigenvalue weighted by molar-refractivity contribution is 7.12. The lowest BCUT2D eigenvalue weighted by molar-refractivity contribution is 0.103. The van der Waals surface area contributed by atoms with Crippen molar-refractivity contribution in [1.82, 2.24) is 9.97 Å². The number of aromatic nitrogens is 2. The zero-order valence-electron chi connectivity index (χ0n) is 12.2. The number of imidazole rings is 1. The first-order valence-electron chi connectivity index (χ1n) is 7.07. The molecule has 24 heavy (non-hydrogen) atoms. The van der Waals surface area contributed by atoms with Gasteiger partial charge in [-0.15, -0.1) is 11.3 Å². The van der Waals surface area contributed by atoms with E-state index in [1.54, 1.807) is 35.9 Å². The number of amides is 1. The van der Waals surface area contributed by atoms with Crippen molar-refractivity contribution in [2.24, 2.45) is 0 Å². The van der Waals surface area contributed by atoms with Gasteiger partial charge in [0.1, 0.15) is 10.9 Å². The molecule has 0 spiro atoms. The van der Waals surface area contributed by atoms with Crippen LogP contribution in [0, 0.1) is 11.3 Å². The van der Waals surface area contributed by atoms with E-state index in [9.17, 15) is 4.79 Å². The first-order chi connectivity index (χ1) is 11.7. The number of nitrogens with zero attached hydrogens (tertiary/aromatic N) is 2. The summed E-state index contributed by atoms with van der Waals surface area (Å²) in [4.78, 5) is 20.3. The Bertz CT molecular complexity index is 1070. The van der Waals surface area contributed by atoms with Gasteiger partial charge in [-0.3, -0.25) is 4.79 Å². The van der Waals surface area contributed by atoms with Crippen molar-refractivity contribution < 1.29 is 9.21 Å². The van der Waals surface area contributed by atoms with Gasteiger partial charge in [0.25, 0.3) is 5.91 Å². The molecule has 1 amide bonds. The Hall–Kier alpha value is -3.37. The molecule has 0 aliphatic rings. The van der Waals surface area contributed by atoms with Gasteiger partial charge in [-0.1, -0.05) is 0 Å². The average Bonchev–Trinajstić information content (AvgIpc) is 3.32. The smallest absolute Gasteiger partial charge is 0.267 e. The number of aromatic amines is 1. The van der Waals surface area contributed by atoms with Crippen molar-refractivity contribution in [2.45, 2.75) is 0 Å². The van der Waals surface area contributed by atoms with Crippen molar-refractivity contribution in [2.75, 3.05) is 5.32 Å². The summed E-state index contributed by atoms with van der Waals surface area (Å²) in [5.74, 6) is 0.976. The SMILES string of the molecule is N#Cc1ccsc1C(=O)Nc1ccc2nc(-c3ccco3)[nH]c2c1. The van der Waals surface area contributed by atoms with Crippen LogP contribution in [0.2, 0.25) is 0 Å². The molecule has 0 aliphatic carbocycles. The number of rotatable bonds is 3. The van der Waals surface area contributed by atoms with Crippen LogP contribution in [0.5, 0.6) is 0 Å². The van der Waals surface area contributed by atoms with E-state index in [0.29, 0.717) is 27.7 Å². The fraction of sp³-hybridized carbons (Fsp3) is 0. The molecule has 7 heteroatoms. The Labute approximate surface area is 140 Å². The van der Waals surface area contributed by atoms with Crippen LogP contribution in [-0.2, 0) is 0 Å². The van der Waals surface area contributed by atoms with Gasteiger partial charge < -0.3 is 14.7 Å². The second-order valence-corrected chi connectivity index (χ2v) is 5.94. The number of H-pyrrole nitrogens is 1. The van der Waals surface area contributed by atoms with E-state index in [1.807, 2.05) is 18.2 Å². The summed E-state index contributed by atoms with van der Waals surface area (Å²) >= 11 is 1.24. The van der Waals surface area contributed by atoms with Crippen LogP contribution >= 0.6 is 11.3 Å². The Morgan fingerprint density at radius 3 is 3.04 bits per heavy atom. The van der Waals surface area contributed by atoms with Crippen molar-refractivity contribution >= 4 is 34.0 Å². The Balaban J connectivity index is 1.63. The molecule has 116 valence electrons. The summed E-state index contributed by atoms with van der Waals surface area (Å²) in [6.07, 6.45) is 1.59. The van der Waals surface area contributed by atoms with Gasteiger partial charge in [0.2, 0.25) is 0 Å². The summed E-state index contributed by atoms with van der Waals surface area (Å²) in [6.45, 7) is 0. The van der Waals surface area contributed by atoms with Crippen LogP contribution in [-0.4, -0.2) is 15.9 Å². The van der Waals surface area contributed by atoms with Gasteiger partial charge in [0.05, 0.1) is 22.9 Å². The molecular formula is C17H10N4O2S. The number of carbonyl (C=O) groups excluding carboxylic acids is 1. The number of hydrogen-bond donors (Lipinski definition) is 2. The Kier molecular flexibility index (Phi) is 3.37. The van der Waals surface area contributed by atoms with Crippen molar-refractivity contribution in [3.8, 4) is 17.7 Å². The third-order valence-corrected chi connectivity index (χ3v) is 4.40. The molecule has 0 fully saturated rings. The maximum Gasteiger partial charge on any atom is 0.267 e. The van der Waals surface area contributed by atoms with Gasteiger partial charge in [-0.2, -0.15) is 5.26 Å².